The smallest absolute Gasteiger partial charge is 0.340 e. The molecule has 0 saturated heterocycles. The van der Waals surface area contributed by atoms with E-state index in [1.807, 2.05) is 43.3 Å². The Kier molecular flexibility index (Phi) is 6.29. The molecule has 0 saturated carbocycles. The van der Waals surface area contributed by atoms with Crippen LogP contribution in [0.3, 0.4) is 0 Å². The number of carbonyl (C=O) groups excluding carboxylic acids is 1. The number of benzene rings is 2. The molecule has 8 heteroatoms. The van der Waals surface area contributed by atoms with Gasteiger partial charge in [0.15, 0.2) is 0 Å². The highest BCUT2D eigenvalue weighted by Gasteiger charge is 2.22. The highest BCUT2D eigenvalue weighted by atomic mass is 32.2. The van der Waals surface area contributed by atoms with Gasteiger partial charge in [0.05, 0.1) is 12.0 Å². The van der Waals surface area contributed by atoms with Crippen molar-refractivity contribution in [1.82, 2.24) is 5.32 Å². The summed E-state index contributed by atoms with van der Waals surface area (Å²) in [5, 5.41) is 13.3. The van der Waals surface area contributed by atoms with Gasteiger partial charge in [-0.2, -0.15) is 11.8 Å². The van der Waals surface area contributed by atoms with E-state index in [0.717, 1.165) is 22.3 Å². The summed E-state index contributed by atoms with van der Waals surface area (Å²) in [6.45, 7) is 3.65. The topological polar surface area (TPSA) is 110 Å². The van der Waals surface area contributed by atoms with E-state index in [-0.39, 0.29) is 17.7 Å². The molecule has 33 heavy (non-hydrogen) atoms. The Balaban J connectivity index is 1.78. The van der Waals surface area contributed by atoms with Crippen molar-refractivity contribution in [3.05, 3.63) is 69.8 Å². The van der Waals surface area contributed by atoms with Gasteiger partial charge in [0.25, 0.3) is 0 Å². The van der Waals surface area contributed by atoms with Crippen LogP contribution < -0.4 is 10.9 Å². The third kappa shape index (κ3) is 4.39. The van der Waals surface area contributed by atoms with Gasteiger partial charge in [0, 0.05) is 28.2 Å². The molecular weight excluding hydrogens is 442 g/mol. The normalized spacial score (nSPS) is 12.2. The molecule has 0 radical (unpaired) electrons. The van der Waals surface area contributed by atoms with Gasteiger partial charge in [-0.25, -0.2) is 9.59 Å². The van der Waals surface area contributed by atoms with E-state index < -0.39 is 23.5 Å². The lowest BCUT2D eigenvalue weighted by molar-refractivity contribution is -0.141. The van der Waals surface area contributed by atoms with Crippen LogP contribution in [0.15, 0.2) is 56.1 Å². The second kappa shape index (κ2) is 9.15. The summed E-state index contributed by atoms with van der Waals surface area (Å²) in [7, 11) is 0. The first kappa shape index (κ1) is 22.7. The van der Waals surface area contributed by atoms with E-state index in [1.54, 1.807) is 19.2 Å². The maximum Gasteiger partial charge on any atom is 0.340 e. The largest absolute Gasteiger partial charge is 0.480 e. The van der Waals surface area contributed by atoms with Crippen LogP contribution in [-0.2, 0) is 16.0 Å². The molecule has 0 spiro atoms. The lowest BCUT2D eigenvalue weighted by atomic mass is 9.98. The molecule has 0 fully saturated rings. The van der Waals surface area contributed by atoms with Gasteiger partial charge in [-0.3, -0.25) is 4.79 Å². The van der Waals surface area contributed by atoms with Crippen LogP contribution in [0.2, 0.25) is 0 Å². The fraction of sp³-hybridized carbons (Fsp3) is 0.240. The standard InChI is InChI=1S/C25H23NO6S/c1-13-16-9-18-21(31-14(2)23(18)15-7-5-4-6-8-15)11-20(16)32-25(30)17(13)10-22(27)26-19(12-33-3)24(28)29/h4-9,11,19H,10,12H2,1-3H3,(H,26,27)(H,28,29)/t19-/m0/s1. The molecule has 1 atom stereocenters. The van der Waals surface area contributed by atoms with Crippen molar-refractivity contribution >= 4 is 45.6 Å². The molecular formula is C25H23NO6S. The minimum Gasteiger partial charge on any atom is -0.480 e. The maximum atomic E-state index is 12.7. The van der Waals surface area contributed by atoms with Gasteiger partial charge in [-0.05, 0) is 37.3 Å². The fourth-order valence-electron chi connectivity index (χ4n) is 4.02. The number of fused-ring (bicyclic) bond motifs is 2. The number of rotatable bonds is 7. The zero-order valence-electron chi connectivity index (χ0n) is 18.4. The van der Waals surface area contributed by atoms with E-state index in [4.69, 9.17) is 8.83 Å². The molecule has 0 aliphatic heterocycles. The van der Waals surface area contributed by atoms with Crippen molar-refractivity contribution in [2.75, 3.05) is 12.0 Å². The summed E-state index contributed by atoms with van der Waals surface area (Å²) in [5.41, 5.74) is 3.14. The number of carboxylic acid groups (broad SMARTS) is 1. The molecule has 0 aliphatic carbocycles. The van der Waals surface area contributed by atoms with Crippen molar-refractivity contribution in [1.29, 1.82) is 0 Å². The highest BCUT2D eigenvalue weighted by Crippen LogP contribution is 2.37. The molecule has 2 aromatic carbocycles. The SMILES string of the molecule is CSC[C@H](NC(=O)Cc1c(C)c2cc3c(-c4ccccc4)c(C)oc3cc2oc1=O)C(=O)O. The third-order valence-corrected chi connectivity index (χ3v) is 6.31. The predicted octanol–water partition coefficient (Wildman–Crippen LogP) is 4.30. The van der Waals surface area contributed by atoms with Crippen LogP contribution >= 0.6 is 11.8 Å². The number of amides is 1. The Labute approximate surface area is 193 Å². The van der Waals surface area contributed by atoms with Gasteiger partial charge >= 0.3 is 11.6 Å². The average molecular weight is 466 g/mol. The predicted molar refractivity (Wildman–Crippen MR) is 129 cm³/mol. The summed E-state index contributed by atoms with van der Waals surface area (Å²) in [4.78, 5) is 36.5. The van der Waals surface area contributed by atoms with E-state index in [0.29, 0.717) is 22.1 Å². The van der Waals surface area contributed by atoms with Gasteiger partial charge in [0.1, 0.15) is 23.0 Å². The van der Waals surface area contributed by atoms with Gasteiger partial charge in [0.2, 0.25) is 5.91 Å². The average Bonchev–Trinajstić information content (AvgIpc) is 3.10. The molecule has 0 unspecified atom stereocenters. The quantitative estimate of drug-likeness (QED) is 0.392. The Morgan fingerprint density at radius 1 is 1.06 bits per heavy atom. The van der Waals surface area contributed by atoms with Crippen LogP contribution in [0.25, 0.3) is 33.1 Å². The number of thioether (sulfide) groups is 1. The summed E-state index contributed by atoms with van der Waals surface area (Å²) in [5.74, 6) is -0.686. The number of carboxylic acids is 1. The molecule has 2 heterocycles. The molecule has 4 aromatic rings. The number of aliphatic carboxylic acids is 1. The first-order valence-corrected chi connectivity index (χ1v) is 11.8. The molecule has 7 nitrogen and oxygen atoms in total. The molecule has 2 aromatic heterocycles. The minimum absolute atomic E-state index is 0.203. The summed E-state index contributed by atoms with van der Waals surface area (Å²) in [6.07, 6.45) is 1.49. The molecule has 4 rings (SSSR count). The Hall–Kier alpha value is -3.52. The van der Waals surface area contributed by atoms with Crippen LogP contribution in [-0.4, -0.2) is 35.0 Å². The van der Waals surface area contributed by atoms with Crippen molar-refractivity contribution < 1.29 is 23.5 Å². The first-order valence-electron chi connectivity index (χ1n) is 10.4. The lowest BCUT2D eigenvalue weighted by Crippen LogP contribution is -2.43. The molecule has 2 N–H and O–H groups in total. The van der Waals surface area contributed by atoms with Gasteiger partial charge < -0.3 is 19.3 Å². The van der Waals surface area contributed by atoms with E-state index in [2.05, 4.69) is 5.32 Å². The van der Waals surface area contributed by atoms with Crippen LogP contribution in [0, 0.1) is 13.8 Å². The fourth-order valence-corrected chi connectivity index (χ4v) is 4.58. The first-order chi connectivity index (χ1) is 15.8. The van der Waals surface area contributed by atoms with Crippen molar-refractivity contribution in [2.24, 2.45) is 0 Å². The summed E-state index contributed by atoms with van der Waals surface area (Å²) < 4.78 is 11.5. The van der Waals surface area contributed by atoms with Crippen LogP contribution in [0.1, 0.15) is 16.9 Å². The second-order valence-electron chi connectivity index (χ2n) is 7.83. The zero-order chi connectivity index (χ0) is 23.7. The maximum absolute atomic E-state index is 12.7. The number of aryl methyl sites for hydroxylation is 2. The number of hydrogen-bond donors (Lipinski definition) is 2. The van der Waals surface area contributed by atoms with E-state index in [9.17, 15) is 19.5 Å². The monoisotopic (exact) mass is 465 g/mol. The molecule has 170 valence electrons. The number of carbonyl (C=O) groups is 2. The Morgan fingerprint density at radius 3 is 2.42 bits per heavy atom. The molecule has 1 amide bonds. The molecule has 0 aliphatic rings. The second-order valence-corrected chi connectivity index (χ2v) is 8.74. The van der Waals surface area contributed by atoms with Gasteiger partial charge in [-0.1, -0.05) is 30.3 Å². The van der Waals surface area contributed by atoms with Crippen molar-refractivity contribution in [3.63, 3.8) is 0 Å². The van der Waals surface area contributed by atoms with E-state index >= 15 is 0 Å². The third-order valence-electron chi connectivity index (χ3n) is 5.64. The number of furan rings is 1. The Morgan fingerprint density at radius 2 is 1.76 bits per heavy atom. The summed E-state index contributed by atoms with van der Waals surface area (Å²) in [6, 6.07) is 12.4. The highest BCUT2D eigenvalue weighted by molar-refractivity contribution is 7.98. The number of hydrogen-bond acceptors (Lipinski definition) is 6. The van der Waals surface area contributed by atoms with Gasteiger partial charge in [-0.15, -0.1) is 0 Å². The zero-order valence-corrected chi connectivity index (χ0v) is 19.2. The minimum atomic E-state index is -1.12. The van der Waals surface area contributed by atoms with Crippen molar-refractivity contribution in [2.45, 2.75) is 26.3 Å². The molecule has 0 bridgehead atoms. The van der Waals surface area contributed by atoms with E-state index in [1.165, 1.54) is 11.8 Å². The Bertz CT molecular complexity index is 1420. The lowest BCUT2D eigenvalue weighted by Gasteiger charge is -2.14. The summed E-state index contributed by atoms with van der Waals surface area (Å²) >= 11 is 1.31. The van der Waals surface area contributed by atoms with Crippen LogP contribution in [0.4, 0.5) is 0 Å². The van der Waals surface area contributed by atoms with Crippen molar-refractivity contribution in [3.8, 4) is 11.1 Å². The number of nitrogens with one attached hydrogen (secondary N) is 1. The van der Waals surface area contributed by atoms with Crippen LogP contribution in [0.5, 0.6) is 0 Å².